The molecule has 8 heteroatoms. The first-order valence-corrected chi connectivity index (χ1v) is 11.2. The Balaban J connectivity index is 1.51. The Morgan fingerprint density at radius 3 is 2.48 bits per heavy atom. The molecule has 0 aliphatic heterocycles. The minimum Gasteiger partial charge on any atom is -0.392 e. The van der Waals surface area contributed by atoms with Crippen molar-refractivity contribution in [3.8, 4) is 17.1 Å². The molecule has 1 fully saturated rings. The van der Waals surface area contributed by atoms with E-state index < -0.39 is 0 Å². The van der Waals surface area contributed by atoms with Gasteiger partial charge in [0, 0.05) is 41.5 Å². The summed E-state index contributed by atoms with van der Waals surface area (Å²) in [5.74, 6) is 1.08. The highest BCUT2D eigenvalue weighted by Crippen LogP contribution is 2.33. The van der Waals surface area contributed by atoms with Gasteiger partial charge >= 0.3 is 0 Å². The van der Waals surface area contributed by atoms with E-state index in [9.17, 15) is 9.50 Å². The first-order valence-electron chi connectivity index (χ1n) is 11.2. The number of aliphatic hydroxyl groups is 1. The summed E-state index contributed by atoms with van der Waals surface area (Å²) in [5.41, 5.74) is 7.32. The van der Waals surface area contributed by atoms with Gasteiger partial charge in [-0.05, 0) is 69.4 Å². The van der Waals surface area contributed by atoms with Gasteiger partial charge < -0.3 is 5.11 Å². The molecule has 3 heterocycles. The minimum atomic E-state index is -0.254. The SMILES string of the molecule is Cc1nn(-c2cc(Cc3c(C)c(-c4ccc(F)cc4)nn3CC3CC3)ncn2)c(C)c1CO. The van der Waals surface area contributed by atoms with Gasteiger partial charge in [0.15, 0.2) is 5.82 Å². The number of hydrogen-bond donors (Lipinski definition) is 1. The third-order valence-corrected chi connectivity index (χ3v) is 6.44. The second kappa shape index (κ2) is 8.51. The molecule has 1 saturated carbocycles. The molecule has 0 atom stereocenters. The van der Waals surface area contributed by atoms with Gasteiger partial charge in [0.05, 0.1) is 23.7 Å². The van der Waals surface area contributed by atoms with Crippen molar-refractivity contribution in [2.45, 2.75) is 53.2 Å². The summed E-state index contributed by atoms with van der Waals surface area (Å²) in [7, 11) is 0. The van der Waals surface area contributed by atoms with Crippen LogP contribution in [0.25, 0.3) is 17.1 Å². The molecule has 7 nitrogen and oxygen atoms in total. The molecule has 1 aromatic carbocycles. The van der Waals surface area contributed by atoms with Crippen molar-refractivity contribution in [1.29, 1.82) is 0 Å². The molecule has 170 valence electrons. The Hall–Kier alpha value is -3.39. The number of benzene rings is 1. The van der Waals surface area contributed by atoms with E-state index >= 15 is 0 Å². The van der Waals surface area contributed by atoms with Crippen molar-refractivity contribution < 1.29 is 9.50 Å². The maximum absolute atomic E-state index is 13.4. The Morgan fingerprint density at radius 2 is 1.82 bits per heavy atom. The van der Waals surface area contributed by atoms with Crippen molar-refractivity contribution in [3.63, 3.8) is 0 Å². The first kappa shape index (κ1) is 21.5. The molecule has 0 saturated heterocycles. The van der Waals surface area contributed by atoms with Crippen molar-refractivity contribution in [2.24, 2.45) is 5.92 Å². The molecule has 1 N–H and O–H groups in total. The average molecular weight is 447 g/mol. The number of hydrogen-bond acceptors (Lipinski definition) is 5. The topological polar surface area (TPSA) is 81.7 Å². The largest absolute Gasteiger partial charge is 0.392 e. The van der Waals surface area contributed by atoms with E-state index in [4.69, 9.17) is 5.10 Å². The second-order valence-electron chi connectivity index (χ2n) is 8.82. The lowest BCUT2D eigenvalue weighted by atomic mass is 10.0. The van der Waals surface area contributed by atoms with E-state index in [1.807, 2.05) is 19.9 Å². The van der Waals surface area contributed by atoms with Crippen LogP contribution < -0.4 is 0 Å². The fraction of sp³-hybridized carbons (Fsp3) is 0.360. The molecule has 0 unspecified atom stereocenters. The maximum atomic E-state index is 13.4. The number of rotatable bonds is 7. The first-order chi connectivity index (χ1) is 15.9. The van der Waals surface area contributed by atoms with Crippen molar-refractivity contribution in [3.05, 3.63) is 76.4 Å². The summed E-state index contributed by atoms with van der Waals surface area (Å²) in [6.45, 7) is 6.71. The van der Waals surface area contributed by atoms with E-state index in [-0.39, 0.29) is 12.4 Å². The number of aliphatic hydroxyl groups excluding tert-OH is 1. The Labute approximate surface area is 191 Å². The van der Waals surface area contributed by atoms with Gasteiger partial charge in [-0.3, -0.25) is 4.68 Å². The molecule has 3 aromatic heterocycles. The zero-order valence-corrected chi connectivity index (χ0v) is 19.1. The third-order valence-electron chi connectivity index (χ3n) is 6.44. The molecule has 0 radical (unpaired) electrons. The fourth-order valence-electron chi connectivity index (χ4n) is 4.28. The summed E-state index contributed by atoms with van der Waals surface area (Å²) in [4.78, 5) is 8.93. The van der Waals surface area contributed by atoms with Gasteiger partial charge in [0.2, 0.25) is 0 Å². The van der Waals surface area contributed by atoms with Crippen molar-refractivity contribution in [2.75, 3.05) is 0 Å². The van der Waals surface area contributed by atoms with Crippen LogP contribution in [-0.2, 0) is 19.6 Å². The fourth-order valence-corrected chi connectivity index (χ4v) is 4.28. The van der Waals surface area contributed by atoms with Gasteiger partial charge in [-0.1, -0.05) is 0 Å². The minimum absolute atomic E-state index is 0.0543. The molecule has 0 amide bonds. The Kier molecular flexibility index (Phi) is 5.54. The molecular weight excluding hydrogens is 419 g/mol. The van der Waals surface area contributed by atoms with Gasteiger partial charge in [-0.2, -0.15) is 10.2 Å². The highest BCUT2D eigenvalue weighted by atomic mass is 19.1. The van der Waals surface area contributed by atoms with E-state index in [0.717, 1.165) is 51.7 Å². The van der Waals surface area contributed by atoms with Crippen LogP contribution in [0.2, 0.25) is 0 Å². The Morgan fingerprint density at radius 1 is 1.06 bits per heavy atom. The van der Waals surface area contributed by atoms with Gasteiger partial charge in [-0.15, -0.1) is 0 Å². The second-order valence-corrected chi connectivity index (χ2v) is 8.82. The maximum Gasteiger partial charge on any atom is 0.157 e. The van der Waals surface area contributed by atoms with Gasteiger partial charge in [-0.25, -0.2) is 19.0 Å². The predicted octanol–water partition coefficient (Wildman–Crippen LogP) is 4.08. The van der Waals surface area contributed by atoms with Gasteiger partial charge in [0.25, 0.3) is 0 Å². The Bertz CT molecular complexity index is 1300. The van der Waals surface area contributed by atoms with Gasteiger partial charge in [0.1, 0.15) is 12.1 Å². The van der Waals surface area contributed by atoms with Crippen LogP contribution >= 0.6 is 0 Å². The van der Waals surface area contributed by atoms with Crippen LogP contribution in [0.1, 0.15) is 46.7 Å². The summed E-state index contributed by atoms with van der Waals surface area (Å²) in [6, 6.07) is 8.44. The standard InChI is InChI=1S/C25H27FN6O/c1-15-23(31(12-18-4-5-18)30-25(15)19-6-8-20(26)9-7-19)10-21-11-24(28-14-27-21)32-17(3)22(13-33)16(2)29-32/h6-9,11,14,18,33H,4-5,10,12-13H2,1-3H3. The average Bonchev–Trinajstić information content (AvgIpc) is 3.52. The van der Waals surface area contributed by atoms with Crippen LogP contribution in [0, 0.1) is 32.5 Å². The molecular formula is C25H27FN6O. The lowest BCUT2D eigenvalue weighted by Gasteiger charge is -2.09. The highest BCUT2D eigenvalue weighted by molar-refractivity contribution is 5.64. The molecule has 33 heavy (non-hydrogen) atoms. The van der Waals surface area contributed by atoms with E-state index in [1.165, 1.54) is 25.0 Å². The molecule has 0 bridgehead atoms. The lowest BCUT2D eigenvalue weighted by molar-refractivity contribution is 0.280. The predicted molar refractivity (Wildman–Crippen MR) is 122 cm³/mol. The third kappa shape index (κ3) is 4.18. The number of nitrogens with zero attached hydrogens (tertiary/aromatic N) is 6. The van der Waals surface area contributed by atoms with Crippen LogP contribution in [0.15, 0.2) is 36.7 Å². The zero-order chi connectivity index (χ0) is 23.1. The molecule has 5 rings (SSSR count). The molecule has 1 aliphatic carbocycles. The summed E-state index contributed by atoms with van der Waals surface area (Å²) in [6.07, 6.45) is 4.62. The molecule has 0 spiro atoms. The van der Waals surface area contributed by atoms with Crippen LogP contribution in [0.3, 0.4) is 0 Å². The lowest BCUT2D eigenvalue weighted by Crippen LogP contribution is -2.10. The van der Waals surface area contributed by atoms with Crippen LogP contribution in [0.5, 0.6) is 0 Å². The zero-order valence-electron chi connectivity index (χ0n) is 19.1. The van der Waals surface area contributed by atoms with Crippen molar-refractivity contribution in [1.82, 2.24) is 29.5 Å². The number of halogens is 1. The summed E-state index contributed by atoms with van der Waals surface area (Å²) in [5, 5.41) is 19.1. The van der Waals surface area contributed by atoms with Crippen LogP contribution in [-0.4, -0.2) is 34.6 Å². The normalized spacial score (nSPS) is 13.6. The highest BCUT2D eigenvalue weighted by Gasteiger charge is 2.25. The van der Waals surface area contributed by atoms with E-state index in [1.54, 1.807) is 23.1 Å². The number of aromatic nitrogens is 6. The quantitative estimate of drug-likeness (QED) is 0.463. The van der Waals surface area contributed by atoms with Crippen molar-refractivity contribution >= 4 is 0 Å². The van der Waals surface area contributed by atoms with Crippen LogP contribution in [0.4, 0.5) is 4.39 Å². The van der Waals surface area contributed by atoms with E-state index in [2.05, 4.69) is 26.7 Å². The smallest absolute Gasteiger partial charge is 0.157 e. The summed E-state index contributed by atoms with van der Waals surface area (Å²) >= 11 is 0. The molecule has 1 aliphatic rings. The summed E-state index contributed by atoms with van der Waals surface area (Å²) < 4.78 is 17.3. The van der Waals surface area contributed by atoms with E-state index in [0.29, 0.717) is 18.2 Å². The number of aryl methyl sites for hydroxylation is 1. The molecule has 4 aromatic rings. The monoisotopic (exact) mass is 446 g/mol.